The van der Waals surface area contributed by atoms with Gasteiger partial charge < -0.3 is 14.5 Å². The van der Waals surface area contributed by atoms with Gasteiger partial charge in [0.2, 0.25) is 0 Å². The highest BCUT2D eigenvalue weighted by Gasteiger charge is 2.24. The lowest BCUT2D eigenvalue weighted by molar-refractivity contribution is 0.0835. The zero-order valence-electron chi connectivity index (χ0n) is 20.4. The average Bonchev–Trinajstić information content (AvgIpc) is 3.43. The van der Waals surface area contributed by atoms with E-state index in [1.54, 1.807) is 4.68 Å². The Kier molecular flexibility index (Phi) is 6.00. The summed E-state index contributed by atoms with van der Waals surface area (Å²) in [5, 5.41) is 17.1. The Hall–Kier alpha value is -3.40. The van der Waals surface area contributed by atoms with Gasteiger partial charge in [-0.25, -0.2) is 9.50 Å². The van der Waals surface area contributed by atoms with Gasteiger partial charge in [-0.05, 0) is 54.9 Å². The van der Waals surface area contributed by atoms with Crippen molar-refractivity contribution in [2.45, 2.75) is 26.4 Å². The summed E-state index contributed by atoms with van der Waals surface area (Å²) >= 11 is 3.65. The second-order valence-electron chi connectivity index (χ2n) is 9.73. The lowest BCUT2D eigenvalue weighted by atomic mass is 10.0. The number of pyridine rings is 2. The fourth-order valence-corrected chi connectivity index (χ4v) is 4.74. The van der Waals surface area contributed by atoms with Crippen molar-refractivity contribution in [3.8, 4) is 22.3 Å². The van der Waals surface area contributed by atoms with Crippen LogP contribution in [0.2, 0.25) is 0 Å². The number of aromatic nitrogens is 5. The Balaban J connectivity index is 1.37. The minimum atomic E-state index is -0.365. The third-order valence-electron chi connectivity index (χ3n) is 5.96. The molecule has 1 N–H and O–H groups in total. The van der Waals surface area contributed by atoms with Crippen LogP contribution in [0, 0.1) is 5.41 Å². The summed E-state index contributed by atoms with van der Waals surface area (Å²) in [7, 11) is 1.91. The molecule has 9 nitrogen and oxygen atoms in total. The third-order valence-corrected chi connectivity index (χ3v) is 6.54. The minimum Gasteiger partial charge on any atom is -0.460 e. The van der Waals surface area contributed by atoms with Gasteiger partial charge in [0.15, 0.2) is 0 Å². The first-order valence-corrected chi connectivity index (χ1v) is 12.4. The van der Waals surface area contributed by atoms with Crippen molar-refractivity contribution in [3.05, 3.63) is 53.7 Å². The summed E-state index contributed by atoms with van der Waals surface area (Å²) < 4.78 is 10.3. The lowest BCUT2D eigenvalue weighted by Crippen LogP contribution is -2.50. The van der Waals surface area contributed by atoms with Gasteiger partial charge in [-0.15, -0.1) is 0 Å². The van der Waals surface area contributed by atoms with Crippen LogP contribution in [0.1, 0.15) is 20.8 Å². The number of nitrogens with one attached hydrogen (secondary N) is 1. The van der Waals surface area contributed by atoms with Crippen molar-refractivity contribution in [2.24, 2.45) is 7.05 Å². The maximum absolute atomic E-state index is 8.24. The normalized spacial score (nSPS) is 14.5. The van der Waals surface area contributed by atoms with E-state index >= 15 is 0 Å². The highest BCUT2D eigenvalue weighted by molar-refractivity contribution is 9.10. The van der Waals surface area contributed by atoms with Gasteiger partial charge in [-0.1, -0.05) is 0 Å². The molecule has 182 valence electrons. The Bertz CT molecular complexity index is 1360. The molecule has 1 aliphatic heterocycles. The van der Waals surface area contributed by atoms with E-state index < -0.39 is 0 Å². The van der Waals surface area contributed by atoms with E-state index in [0.29, 0.717) is 0 Å². The highest BCUT2D eigenvalue weighted by Crippen LogP contribution is 2.34. The van der Waals surface area contributed by atoms with E-state index in [4.69, 9.17) is 15.1 Å². The summed E-state index contributed by atoms with van der Waals surface area (Å²) in [5.74, 6) is 0.934. The molecule has 0 aliphatic carbocycles. The van der Waals surface area contributed by atoms with Crippen LogP contribution in [0.15, 0.2) is 53.7 Å². The Labute approximate surface area is 213 Å². The summed E-state index contributed by atoms with van der Waals surface area (Å²) in [5.41, 5.74) is 4.77. The second kappa shape index (κ2) is 8.99. The Morgan fingerprint density at radius 2 is 1.74 bits per heavy atom. The molecule has 1 aliphatic rings. The van der Waals surface area contributed by atoms with E-state index in [-0.39, 0.29) is 11.6 Å². The molecule has 0 radical (unpaired) electrons. The monoisotopic (exact) mass is 536 g/mol. The number of aryl methyl sites for hydroxylation is 1. The molecule has 1 fully saturated rings. The number of halogens is 1. The van der Waals surface area contributed by atoms with Gasteiger partial charge in [0.05, 0.1) is 22.4 Å². The number of fused-ring (bicyclic) bond motifs is 1. The van der Waals surface area contributed by atoms with E-state index in [9.17, 15) is 0 Å². The molecule has 0 amide bonds. The first-order valence-electron chi connectivity index (χ1n) is 11.6. The summed E-state index contributed by atoms with van der Waals surface area (Å²) in [6, 6.07) is 6.58. The van der Waals surface area contributed by atoms with Gasteiger partial charge in [-0.3, -0.25) is 10.1 Å². The smallest absolute Gasteiger partial charge is 0.285 e. The van der Waals surface area contributed by atoms with Gasteiger partial charge >= 0.3 is 0 Å². The molecule has 1 saturated heterocycles. The van der Waals surface area contributed by atoms with Crippen LogP contribution in [0.25, 0.3) is 27.8 Å². The Morgan fingerprint density at radius 3 is 2.37 bits per heavy atom. The fraction of sp³-hybridized carbons (Fsp3) is 0.360. The molecule has 5 heterocycles. The van der Waals surface area contributed by atoms with Crippen LogP contribution < -0.4 is 4.90 Å². The molecule has 35 heavy (non-hydrogen) atoms. The molecular weight excluding hydrogens is 508 g/mol. The molecule has 0 spiro atoms. The number of hydrogen-bond donors (Lipinski definition) is 1. The predicted molar refractivity (Wildman–Crippen MR) is 141 cm³/mol. The maximum Gasteiger partial charge on any atom is 0.285 e. The summed E-state index contributed by atoms with van der Waals surface area (Å²) in [4.78, 5) is 9.03. The number of nitrogens with zero attached hydrogens (tertiary/aromatic N) is 7. The van der Waals surface area contributed by atoms with E-state index in [1.807, 2.05) is 68.2 Å². The van der Waals surface area contributed by atoms with Gasteiger partial charge in [-0.2, -0.15) is 10.2 Å². The van der Waals surface area contributed by atoms with Crippen LogP contribution in [0.5, 0.6) is 0 Å². The topological polar surface area (TPSA) is 87.6 Å². The number of rotatable bonds is 3. The second-order valence-corrected chi connectivity index (χ2v) is 10.6. The first-order chi connectivity index (χ1) is 16.7. The van der Waals surface area contributed by atoms with Crippen molar-refractivity contribution >= 4 is 33.3 Å². The van der Waals surface area contributed by atoms with Crippen LogP contribution in [-0.4, -0.2) is 67.1 Å². The number of anilines is 1. The van der Waals surface area contributed by atoms with Gasteiger partial charge in [0, 0.05) is 74.1 Å². The quantitative estimate of drug-likeness (QED) is 0.307. The fourth-order valence-electron chi connectivity index (χ4n) is 4.26. The van der Waals surface area contributed by atoms with Crippen molar-refractivity contribution < 1.29 is 4.74 Å². The molecule has 10 heteroatoms. The largest absolute Gasteiger partial charge is 0.460 e. The zero-order chi connectivity index (χ0) is 24.7. The number of piperazine rings is 1. The molecule has 4 aromatic rings. The van der Waals surface area contributed by atoms with E-state index in [2.05, 4.69) is 49.2 Å². The van der Waals surface area contributed by atoms with Crippen molar-refractivity contribution in [3.63, 3.8) is 0 Å². The zero-order valence-corrected chi connectivity index (χ0v) is 21.9. The number of ether oxygens (including phenoxy) is 1. The molecule has 0 aromatic carbocycles. The van der Waals surface area contributed by atoms with Crippen LogP contribution >= 0.6 is 15.9 Å². The summed E-state index contributed by atoms with van der Waals surface area (Å²) in [6.07, 6.45) is 9.61. The Morgan fingerprint density at radius 1 is 0.971 bits per heavy atom. The van der Waals surface area contributed by atoms with Gasteiger partial charge in [0.1, 0.15) is 11.4 Å². The molecular formula is C25H29BrN8O. The van der Waals surface area contributed by atoms with Crippen LogP contribution in [0.3, 0.4) is 0 Å². The summed E-state index contributed by atoms with van der Waals surface area (Å²) in [6.45, 7) is 8.93. The number of amidine groups is 1. The van der Waals surface area contributed by atoms with E-state index in [0.717, 1.165) is 64.2 Å². The van der Waals surface area contributed by atoms with Crippen LogP contribution in [0.4, 0.5) is 5.82 Å². The minimum absolute atomic E-state index is 0.240. The third kappa shape index (κ3) is 4.88. The average molecular weight is 537 g/mol. The van der Waals surface area contributed by atoms with Crippen LogP contribution in [-0.2, 0) is 11.8 Å². The standard InChI is InChI=1S/C25H29BrN8O/c1-25(2,3)35-24(27)33-9-7-32(8-10-33)22-6-5-17(12-28-22)20-11-18(19-13-29-31(4)15-19)16-34-23(20)21(26)14-30-34/h5-6,11-16,27H,7-10H2,1-4H3. The number of hydrogen-bond acceptors (Lipinski definition) is 6. The van der Waals surface area contributed by atoms with E-state index in [1.165, 1.54) is 0 Å². The highest BCUT2D eigenvalue weighted by atomic mass is 79.9. The van der Waals surface area contributed by atoms with Crippen molar-refractivity contribution in [1.29, 1.82) is 5.41 Å². The SMILES string of the molecule is Cn1cc(-c2cc(-c3ccc(N4CCN(C(=N)OC(C)(C)C)CC4)nc3)c3c(Br)cnn3c2)cn1. The molecule has 4 aromatic heterocycles. The molecule has 0 saturated carbocycles. The molecule has 0 unspecified atom stereocenters. The molecule has 5 rings (SSSR count). The molecule has 0 atom stereocenters. The lowest BCUT2D eigenvalue weighted by Gasteiger charge is -2.37. The predicted octanol–water partition coefficient (Wildman–Crippen LogP) is 4.43. The first kappa shape index (κ1) is 23.3. The van der Waals surface area contributed by atoms with Crippen molar-refractivity contribution in [1.82, 2.24) is 29.3 Å². The molecule has 0 bridgehead atoms. The maximum atomic E-state index is 8.24. The van der Waals surface area contributed by atoms with Crippen molar-refractivity contribution in [2.75, 3.05) is 31.1 Å². The van der Waals surface area contributed by atoms with Gasteiger partial charge in [0.25, 0.3) is 6.02 Å².